The van der Waals surface area contributed by atoms with Crippen LogP contribution in [0, 0.1) is 0 Å². The number of aromatic nitrogens is 4. The Hall–Kier alpha value is -3.65. The molecule has 1 fully saturated rings. The molecule has 2 aromatic heterocycles. The minimum absolute atomic E-state index is 0.263. The summed E-state index contributed by atoms with van der Waals surface area (Å²) >= 11 is 0. The Morgan fingerprint density at radius 2 is 1.68 bits per heavy atom. The van der Waals surface area contributed by atoms with Crippen molar-refractivity contribution in [2.45, 2.75) is 18.9 Å². The minimum Gasteiger partial charge on any atom is -0.497 e. The van der Waals surface area contributed by atoms with E-state index in [1.165, 1.54) is 0 Å². The maximum atomic E-state index is 5.53. The Morgan fingerprint density at radius 3 is 2.42 bits per heavy atom. The summed E-state index contributed by atoms with van der Waals surface area (Å²) in [6, 6.07) is 17.9. The summed E-state index contributed by atoms with van der Waals surface area (Å²) in [4.78, 5) is 9.57. The zero-order valence-electron chi connectivity index (χ0n) is 17.3. The zero-order chi connectivity index (χ0) is 21.0. The number of para-hydroxylation sites is 1. The van der Waals surface area contributed by atoms with Crippen LogP contribution >= 0.6 is 0 Å². The summed E-state index contributed by atoms with van der Waals surface area (Å²) in [5.41, 5.74) is 2.64. The standard InChI is InChI=1S/C23H24N6O2/c1-30-19-9-7-17(8-10-19)26-23-27-21(25-16-5-3-2-4-6-16)20-15-24-29(22(20)28-23)18-11-13-31-14-12-18/h2-10,15,18H,11-14H2,1H3,(H2,25,26,27,28). The molecule has 0 aliphatic carbocycles. The summed E-state index contributed by atoms with van der Waals surface area (Å²) in [6.45, 7) is 1.48. The van der Waals surface area contributed by atoms with Gasteiger partial charge in [-0.1, -0.05) is 18.2 Å². The molecule has 1 aliphatic rings. The van der Waals surface area contributed by atoms with Gasteiger partial charge in [-0.15, -0.1) is 0 Å². The van der Waals surface area contributed by atoms with Crippen molar-refractivity contribution in [3.05, 3.63) is 60.8 Å². The molecule has 31 heavy (non-hydrogen) atoms. The van der Waals surface area contributed by atoms with Gasteiger partial charge in [0.1, 0.15) is 11.6 Å². The molecule has 1 aliphatic heterocycles. The first kappa shape index (κ1) is 19.3. The molecule has 8 nitrogen and oxygen atoms in total. The molecule has 0 radical (unpaired) electrons. The van der Waals surface area contributed by atoms with E-state index in [0.29, 0.717) is 11.8 Å². The van der Waals surface area contributed by atoms with E-state index in [1.54, 1.807) is 7.11 Å². The minimum atomic E-state index is 0.263. The quantitative estimate of drug-likeness (QED) is 0.472. The van der Waals surface area contributed by atoms with Crippen molar-refractivity contribution < 1.29 is 9.47 Å². The molecule has 4 aromatic rings. The lowest BCUT2D eigenvalue weighted by molar-refractivity contribution is 0.0673. The van der Waals surface area contributed by atoms with Gasteiger partial charge in [-0.3, -0.25) is 0 Å². The summed E-state index contributed by atoms with van der Waals surface area (Å²) in [7, 11) is 1.65. The van der Waals surface area contributed by atoms with Crippen LogP contribution in [0.25, 0.3) is 11.0 Å². The molecule has 0 bridgehead atoms. The van der Waals surface area contributed by atoms with Gasteiger partial charge in [-0.05, 0) is 49.2 Å². The Bertz CT molecular complexity index is 1150. The largest absolute Gasteiger partial charge is 0.497 e. The van der Waals surface area contributed by atoms with E-state index in [0.717, 1.165) is 54.2 Å². The summed E-state index contributed by atoms with van der Waals surface area (Å²) in [5, 5.41) is 12.3. The topological polar surface area (TPSA) is 86.1 Å². The fourth-order valence-corrected chi connectivity index (χ4v) is 3.74. The maximum absolute atomic E-state index is 5.53. The number of nitrogens with zero attached hydrogens (tertiary/aromatic N) is 4. The Morgan fingerprint density at radius 1 is 0.935 bits per heavy atom. The van der Waals surface area contributed by atoms with Crippen LogP contribution in [0.15, 0.2) is 60.8 Å². The third-order valence-electron chi connectivity index (χ3n) is 5.37. The van der Waals surface area contributed by atoms with Crippen molar-refractivity contribution in [2.24, 2.45) is 0 Å². The van der Waals surface area contributed by atoms with Crippen molar-refractivity contribution in [1.82, 2.24) is 19.7 Å². The van der Waals surface area contributed by atoms with Crippen LogP contribution in [-0.2, 0) is 4.74 Å². The second kappa shape index (κ2) is 8.61. The molecule has 158 valence electrons. The second-order valence-electron chi connectivity index (χ2n) is 7.41. The third kappa shape index (κ3) is 4.15. The van der Waals surface area contributed by atoms with Crippen LogP contribution in [0.1, 0.15) is 18.9 Å². The number of benzene rings is 2. The van der Waals surface area contributed by atoms with Crippen LogP contribution in [-0.4, -0.2) is 40.1 Å². The first-order valence-electron chi connectivity index (χ1n) is 10.4. The van der Waals surface area contributed by atoms with Crippen molar-refractivity contribution >= 4 is 34.2 Å². The molecule has 8 heteroatoms. The number of fused-ring (bicyclic) bond motifs is 1. The highest BCUT2D eigenvalue weighted by Crippen LogP contribution is 2.30. The highest BCUT2D eigenvalue weighted by atomic mass is 16.5. The van der Waals surface area contributed by atoms with E-state index in [9.17, 15) is 0 Å². The van der Waals surface area contributed by atoms with Gasteiger partial charge in [0.25, 0.3) is 0 Å². The van der Waals surface area contributed by atoms with Gasteiger partial charge in [0, 0.05) is 24.6 Å². The first-order chi connectivity index (χ1) is 15.3. The van der Waals surface area contributed by atoms with Crippen molar-refractivity contribution in [1.29, 1.82) is 0 Å². The average Bonchev–Trinajstić information content (AvgIpc) is 3.25. The van der Waals surface area contributed by atoms with E-state index in [4.69, 9.17) is 19.4 Å². The zero-order valence-corrected chi connectivity index (χ0v) is 17.3. The fraction of sp³-hybridized carbons (Fsp3) is 0.261. The van der Waals surface area contributed by atoms with Crippen LogP contribution in [0.2, 0.25) is 0 Å². The molecule has 5 rings (SSSR count). The fourth-order valence-electron chi connectivity index (χ4n) is 3.74. The maximum Gasteiger partial charge on any atom is 0.231 e. The molecule has 0 spiro atoms. The van der Waals surface area contributed by atoms with Gasteiger partial charge in [-0.25, -0.2) is 4.68 Å². The predicted octanol–water partition coefficient (Wildman–Crippen LogP) is 4.67. The molecular weight excluding hydrogens is 392 g/mol. The van der Waals surface area contributed by atoms with Gasteiger partial charge < -0.3 is 20.1 Å². The van der Waals surface area contributed by atoms with Crippen LogP contribution in [0.3, 0.4) is 0 Å². The number of nitrogens with one attached hydrogen (secondary N) is 2. The molecule has 0 saturated carbocycles. The van der Waals surface area contributed by atoms with E-state index in [-0.39, 0.29) is 6.04 Å². The van der Waals surface area contributed by atoms with Gasteiger partial charge in [0.05, 0.1) is 24.7 Å². The lowest BCUT2D eigenvalue weighted by atomic mass is 10.1. The molecule has 0 atom stereocenters. The lowest BCUT2D eigenvalue weighted by Gasteiger charge is -2.22. The molecular formula is C23H24N6O2. The van der Waals surface area contributed by atoms with Crippen molar-refractivity contribution in [2.75, 3.05) is 31.0 Å². The summed E-state index contributed by atoms with van der Waals surface area (Å²) in [6.07, 6.45) is 3.68. The van der Waals surface area contributed by atoms with Gasteiger partial charge in [0.2, 0.25) is 5.95 Å². The average molecular weight is 416 g/mol. The highest BCUT2D eigenvalue weighted by molar-refractivity contribution is 5.89. The summed E-state index contributed by atoms with van der Waals surface area (Å²) in [5.74, 6) is 2.02. The molecule has 0 unspecified atom stereocenters. The molecule has 2 aromatic carbocycles. The Labute approximate surface area is 180 Å². The Kier molecular flexibility index (Phi) is 5.37. The molecule has 3 heterocycles. The first-order valence-corrected chi connectivity index (χ1v) is 10.4. The number of ether oxygens (including phenoxy) is 2. The van der Waals surface area contributed by atoms with Crippen LogP contribution in [0.5, 0.6) is 5.75 Å². The normalized spacial score (nSPS) is 14.5. The van der Waals surface area contributed by atoms with E-state index < -0.39 is 0 Å². The van der Waals surface area contributed by atoms with Crippen LogP contribution in [0.4, 0.5) is 23.1 Å². The molecule has 2 N–H and O–H groups in total. The van der Waals surface area contributed by atoms with Crippen molar-refractivity contribution in [3.8, 4) is 5.75 Å². The van der Waals surface area contributed by atoms with Gasteiger partial charge in [0.15, 0.2) is 5.65 Å². The lowest BCUT2D eigenvalue weighted by Crippen LogP contribution is -2.20. The Balaban J connectivity index is 1.55. The number of methoxy groups -OCH3 is 1. The number of hydrogen-bond donors (Lipinski definition) is 2. The molecule has 1 saturated heterocycles. The van der Waals surface area contributed by atoms with Crippen LogP contribution < -0.4 is 15.4 Å². The highest BCUT2D eigenvalue weighted by Gasteiger charge is 2.21. The SMILES string of the molecule is COc1ccc(Nc2nc(Nc3ccccc3)c3cnn(C4CCOCC4)c3n2)cc1. The number of hydrogen-bond acceptors (Lipinski definition) is 7. The van der Waals surface area contributed by atoms with E-state index in [1.807, 2.05) is 65.5 Å². The van der Waals surface area contributed by atoms with Gasteiger partial charge >= 0.3 is 0 Å². The van der Waals surface area contributed by atoms with Crippen molar-refractivity contribution in [3.63, 3.8) is 0 Å². The summed E-state index contributed by atoms with van der Waals surface area (Å²) < 4.78 is 12.8. The van der Waals surface area contributed by atoms with E-state index in [2.05, 4.69) is 15.7 Å². The van der Waals surface area contributed by atoms with E-state index >= 15 is 0 Å². The monoisotopic (exact) mass is 416 g/mol. The predicted molar refractivity (Wildman–Crippen MR) is 120 cm³/mol. The number of rotatable bonds is 6. The van der Waals surface area contributed by atoms with Gasteiger partial charge in [-0.2, -0.15) is 15.1 Å². The third-order valence-corrected chi connectivity index (χ3v) is 5.37. The number of anilines is 4. The smallest absolute Gasteiger partial charge is 0.231 e. The molecule has 0 amide bonds. The second-order valence-corrected chi connectivity index (χ2v) is 7.41.